The van der Waals surface area contributed by atoms with Crippen molar-refractivity contribution in [1.29, 1.82) is 0 Å². The van der Waals surface area contributed by atoms with Gasteiger partial charge >= 0.3 is 0 Å². The summed E-state index contributed by atoms with van der Waals surface area (Å²) in [6.07, 6.45) is 0. The van der Waals surface area contributed by atoms with E-state index in [0.29, 0.717) is 5.82 Å². The molecule has 3 nitrogen and oxygen atoms in total. The van der Waals surface area contributed by atoms with Crippen molar-refractivity contribution in [1.82, 2.24) is 9.97 Å². The topological polar surface area (TPSA) is 38.9 Å². The molecule has 0 bridgehead atoms. The summed E-state index contributed by atoms with van der Waals surface area (Å²) in [5.74, 6) is 0.717. The van der Waals surface area contributed by atoms with Crippen LogP contribution >= 0.6 is 0 Å². The Labute approximate surface area is 267 Å². The van der Waals surface area contributed by atoms with Crippen molar-refractivity contribution in [2.75, 3.05) is 0 Å². The van der Waals surface area contributed by atoms with Crippen molar-refractivity contribution in [2.24, 2.45) is 0 Å². The largest absolute Gasteiger partial charge is 0.456 e. The summed E-state index contributed by atoms with van der Waals surface area (Å²) in [5.41, 5.74) is 14.3. The summed E-state index contributed by atoms with van der Waals surface area (Å²) >= 11 is 0. The molecule has 0 atom stereocenters. The number of nitrogens with zero attached hydrogens (tertiary/aromatic N) is 2. The molecule has 0 radical (unpaired) electrons. The average molecular weight is 591 g/mol. The van der Waals surface area contributed by atoms with Crippen LogP contribution in [0, 0.1) is 0 Å². The fraction of sp³-hybridized carbons (Fsp3) is 0.0698. The molecule has 2 heterocycles. The maximum atomic E-state index is 6.52. The molecular formula is C43H30N2O. The van der Waals surface area contributed by atoms with Gasteiger partial charge in [-0.05, 0) is 63.7 Å². The molecule has 218 valence electrons. The van der Waals surface area contributed by atoms with E-state index >= 15 is 0 Å². The molecule has 46 heavy (non-hydrogen) atoms. The summed E-state index contributed by atoms with van der Waals surface area (Å²) in [6.45, 7) is 4.61. The molecule has 8 aromatic rings. The van der Waals surface area contributed by atoms with Gasteiger partial charge < -0.3 is 4.42 Å². The standard InChI is InChI=1S/C43H30N2O/c1-43(2)36-16-10-9-15-32(36)34-24-35-33-22-21-31(23-40(33)46-41(35)25-37(34)43)27-17-19-29(20-18-27)39-26-38(28-11-5-3-6-12-28)44-42(45-39)30-13-7-4-8-14-30/h3-26H,1-2H3. The Morgan fingerprint density at radius 2 is 1.02 bits per heavy atom. The SMILES string of the molecule is CC1(C)c2ccccc2-c2cc3c(cc21)oc1cc(-c2ccc(-c4cc(-c5ccccc5)nc(-c5ccccc5)n4)cc2)ccc13. The van der Waals surface area contributed by atoms with Gasteiger partial charge in [-0.15, -0.1) is 0 Å². The first kappa shape index (κ1) is 26.6. The minimum absolute atomic E-state index is 0.0562. The lowest BCUT2D eigenvalue weighted by molar-refractivity contribution is 0.647. The first-order chi connectivity index (χ1) is 22.5. The first-order valence-corrected chi connectivity index (χ1v) is 15.7. The lowest BCUT2D eigenvalue weighted by Gasteiger charge is -2.21. The van der Waals surface area contributed by atoms with Crippen LogP contribution < -0.4 is 0 Å². The van der Waals surface area contributed by atoms with Crippen LogP contribution in [0.4, 0.5) is 0 Å². The molecular weight excluding hydrogens is 560 g/mol. The number of benzene rings is 6. The molecule has 1 aliphatic carbocycles. The molecule has 0 N–H and O–H groups in total. The van der Waals surface area contributed by atoms with Gasteiger partial charge in [-0.3, -0.25) is 0 Å². The van der Waals surface area contributed by atoms with Crippen molar-refractivity contribution in [2.45, 2.75) is 19.3 Å². The van der Waals surface area contributed by atoms with Gasteiger partial charge in [-0.2, -0.15) is 0 Å². The predicted octanol–water partition coefficient (Wildman–Crippen LogP) is 11.4. The van der Waals surface area contributed by atoms with E-state index in [4.69, 9.17) is 14.4 Å². The number of rotatable bonds is 4. The Morgan fingerprint density at radius 1 is 0.435 bits per heavy atom. The number of furan rings is 1. The summed E-state index contributed by atoms with van der Waals surface area (Å²) < 4.78 is 6.52. The maximum absolute atomic E-state index is 6.52. The quantitative estimate of drug-likeness (QED) is 0.205. The summed E-state index contributed by atoms with van der Waals surface area (Å²) in [4.78, 5) is 9.92. The Hall–Kier alpha value is -5.80. The van der Waals surface area contributed by atoms with Crippen molar-refractivity contribution >= 4 is 21.9 Å². The zero-order chi connectivity index (χ0) is 30.8. The van der Waals surface area contributed by atoms with Gasteiger partial charge in [0.1, 0.15) is 11.2 Å². The fourth-order valence-corrected chi connectivity index (χ4v) is 7.05. The van der Waals surface area contributed by atoms with E-state index in [1.807, 2.05) is 36.4 Å². The van der Waals surface area contributed by atoms with E-state index < -0.39 is 0 Å². The van der Waals surface area contributed by atoms with Crippen LogP contribution in [0.1, 0.15) is 25.0 Å². The highest BCUT2D eigenvalue weighted by Crippen LogP contribution is 2.50. The number of fused-ring (bicyclic) bond motifs is 6. The van der Waals surface area contributed by atoms with E-state index in [1.165, 1.54) is 22.3 Å². The lowest BCUT2D eigenvalue weighted by atomic mass is 9.82. The molecule has 0 aliphatic heterocycles. The van der Waals surface area contributed by atoms with Gasteiger partial charge in [0.25, 0.3) is 0 Å². The molecule has 0 saturated carbocycles. The smallest absolute Gasteiger partial charge is 0.160 e. The summed E-state index contributed by atoms with van der Waals surface area (Å²) in [7, 11) is 0. The normalized spacial score (nSPS) is 13.2. The monoisotopic (exact) mass is 590 g/mol. The third-order valence-electron chi connectivity index (χ3n) is 9.52. The molecule has 0 fully saturated rings. The predicted molar refractivity (Wildman–Crippen MR) is 189 cm³/mol. The van der Waals surface area contributed by atoms with Gasteiger partial charge in [0.15, 0.2) is 5.82 Å². The Bertz CT molecular complexity index is 2360. The van der Waals surface area contributed by atoms with E-state index in [2.05, 4.69) is 123 Å². The van der Waals surface area contributed by atoms with Gasteiger partial charge in [-0.25, -0.2) is 9.97 Å². The van der Waals surface area contributed by atoms with Crippen LogP contribution in [0.5, 0.6) is 0 Å². The minimum atomic E-state index is -0.0562. The highest BCUT2D eigenvalue weighted by atomic mass is 16.3. The van der Waals surface area contributed by atoms with Gasteiger partial charge in [0.2, 0.25) is 0 Å². The molecule has 0 amide bonds. The second-order valence-electron chi connectivity index (χ2n) is 12.6. The third kappa shape index (κ3) is 4.20. The fourth-order valence-electron chi connectivity index (χ4n) is 7.05. The number of hydrogen-bond donors (Lipinski definition) is 0. The third-order valence-corrected chi connectivity index (χ3v) is 9.52. The highest BCUT2D eigenvalue weighted by Gasteiger charge is 2.36. The molecule has 6 aromatic carbocycles. The Morgan fingerprint density at radius 3 is 1.76 bits per heavy atom. The molecule has 3 heteroatoms. The summed E-state index contributed by atoms with van der Waals surface area (Å²) in [5, 5.41) is 2.30. The zero-order valence-electron chi connectivity index (χ0n) is 25.7. The first-order valence-electron chi connectivity index (χ1n) is 15.7. The van der Waals surface area contributed by atoms with Gasteiger partial charge in [0, 0.05) is 32.9 Å². The van der Waals surface area contributed by atoms with Crippen LogP contribution in [0.2, 0.25) is 0 Å². The van der Waals surface area contributed by atoms with Crippen LogP contribution in [-0.4, -0.2) is 9.97 Å². The Kier molecular flexibility index (Phi) is 5.85. The molecule has 2 aromatic heterocycles. The van der Waals surface area contributed by atoms with Gasteiger partial charge in [0.05, 0.1) is 11.4 Å². The lowest BCUT2D eigenvalue weighted by Crippen LogP contribution is -2.14. The van der Waals surface area contributed by atoms with E-state index in [9.17, 15) is 0 Å². The van der Waals surface area contributed by atoms with Gasteiger partial charge in [-0.1, -0.05) is 129 Å². The average Bonchev–Trinajstić information content (AvgIpc) is 3.58. The molecule has 0 saturated heterocycles. The van der Waals surface area contributed by atoms with Crippen LogP contribution in [0.15, 0.2) is 150 Å². The maximum Gasteiger partial charge on any atom is 0.160 e. The number of hydrogen-bond acceptors (Lipinski definition) is 3. The van der Waals surface area contributed by atoms with Crippen molar-refractivity contribution in [3.05, 3.63) is 157 Å². The Balaban J connectivity index is 1.09. The van der Waals surface area contributed by atoms with Crippen LogP contribution in [0.3, 0.4) is 0 Å². The minimum Gasteiger partial charge on any atom is -0.456 e. The van der Waals surface area contributed by atoms with Crippen molar-refractivity contribution in [3.8, 4) is 56.2 Å². The zero-order valence-corrected chi connectivity index (χ0v) is 25.7. The molecule has 1 aliphatic rings. The van der Waals surface area contributed by atoms with Crippen molar-refractivity contribution in [3.63, 3.8) is 0 Å². The van der Waals surface area contributed by atoms with E-state index in [0.717, 1.165) is 61.1 Å². The van der Waals surface area contributed by atoms with Crippen LogP contribution in [-0.2, 0) is 5.41 Å². The van der Waals surface area contributed by atoms with Crippen molar-refractivity contribution < 1.29 is 4.42 Å². The second kappa shape index (κ2) is 10.1. The van der Waals surface area contributed by atoms with E-state index in [-0.39, 0.29) is 5.41 Å². The molecule has 9 rings (SSSR count). The molecule has 0 spiro atoms. The van der Waals surface area contributed by atoms with Crippen LogP contribution in [0.25, 0.3) is 78.1 Å². The highest BCUT2D eigenvalue weighted by molar-refractivity contribution is 6.08. The van der Waals surface area contributed by atoms with E-state index in [1.54, 1.807) is 0 Å². The molecule has 0 unspecified atom stereocenters. The summed E-state index contributed by atoms with van der Waals surface area (Å²) in [6, 6.07) is 51.1. The second-order valence-corrected chi connectivity index (χ2v) is 12.6. The number of aromatic nitrogens is 2.